The molecule has 3 heteroatoms. The lowest BCUT2D eigenvalue weighted by molar-refractivity contribution is 0.491. The van der Waals surface area contributed by atoms with Gasteiger partial charge in [-0.1, -0.05) is 91.0 Å². The third kappa shape index (κ3) is 6.01. The maximum absolute atomic E-state index is 3.81. The average molecular weight is 376 g/mol. The van der Waals surface area contributed by atoms with Crippen molar-refractivity contribution in [2.75, 3.05) is 6.54 Å². The van der Waals surface area contributed by atoms with E-state index in [9.17, 15) is 0 Å². The Balaban J connectivity index is 1.82. The van der Waals surface area contributed by atoms with Crippen molar-refractivity contribution >= 4 is 18.5 Å². The van der Waals surface area contributed by atoms with Crippen LogP contribution in [0, 0.1) is 0 Å². The molecule has 0 saturated heterocycles. The van der Waals surface area contributed by atoms with Crippen molar-refractivity contribution in [2.45, 2.75) is 32.2 Å². The molecule has 1 atom stereocenters. The second-order valence-electron chi connectivity index (χ2n) is 6.95. The van der Waals surface area contributed by atoms with Gasteiger partial charge in [0.2, 0.25) is 0 Å². The Labute approximate surface area is 164 Å². The number of hydrogen-bond donors (Lipinski definition) is 2. The molecule has 0 radical (unpaired) electrons. The van der Waals surface area contributed by atoms with Gasteiger partial charge in [-0.3, -0.25) is 10.6 Å². The molecule has 27 heavy (non-hydrogen) atoms. The van der Waals surface area contributed by atoms with Crippen LogP contribution in [-0.2, 0) is 6.42 Å². The van der Waals surface area contributed by atoms with Gasteiger partial charge in [-0.25, -0.2) is 0 Å². The van der Waals surface area contributed by atoms with Crippen molar-refractivity contribution in [3.05, 3.63) is 96.6 Å². The Morgan fingerprint density at radius 1 is 0.704 bits per heavy atom. The first-order valence-corrected chi connectivity index (χ1v) is 11.1. The SMILES string of the molecule is CC(C)NC(NCCc1ccccc1)P(c1ccccc1)c1ccccc1. The van der Waals surface area contributed by atoms with E-state index in [1.54, 1.807) is 0 Å². The van der Waals surface area contributed by atoms with Gasteiger partial charge in [0, 0.05) is 12.6 Å². The second kappa shape index (κ2) is 10.4. The van der Waals surface area contributed by atoms with E-state index in [4.69, 9.17) is 0 Å². The van der Waals surface area contributed by atoms with Crippen LogP contribution in [0.3, 0.4) is 0 Å². The quantitative estimate of drug-likeness (QED) is 0.431. The van der Waals surface area contributed by atoms with Crippen LogP contribution in [0.15, 0.2) is 91.0 Å². The first-order valence-electron chi connectivity index (χ1n) is 9.67. The van der Waals surface area contributed by atoms with Crippen LogP contribution in [0.4, 0.5) is 0 Å². The number of hydrogen-bond acceptors (Lipinski definition) is 2. The molecular formula is C24H29N2P. The maximum atomic E-state index is 3.81. The smallest absolute Gasteiger partial charge is 0.0860 e. The van der Waals surface area contributed by atoms with Gasteiger partial charge >= 0.3 is 0 Å². The van der Waals surface area contributed by atoms with Crippen LogP contribution in [0.2, 0.25) is 0 Å². The molecule has 0 saturated carbocycles. The fourth-order valence-electron chi connectivity index (χ4n) is 3.16. The van der Waals surface area contributed by atoms with E-state index in [2.05, 4.69) is 115 Å². The van der Waals surface area contributed by atoms with Gasteiger partial charge in [-0.15, -0.1) is 0 Å². The molecule has 0 aliphatic rings. The summed E-state index contributed by atoms with van der Waals surface area (Å²) >= 11 is 0. The molecule has 3 rings (SSSR count). The highest BCUT2D eigenvalue weighted by Gasteiger charge is 2.24. The van der Waals surface area contributed by atoms with E-state index < -0.39 is 7.92 Å². The summed E-state index contributed by atoms with van der Waals surface area (Å²) in [5.74, 6) is 0.230. The molecule has 3 aromatic carbocycles. The normalized spacial score (nSPS) is 12.4. The van der Waals surface area contributed by atoms with E-state index in [-0.39, 0.29) is 5.91 Å². The van der Waals surface area contributed by atoms with Gasteiger partial charge in [0.25, 0.3) is 0 Å². The van der Waals surface area contributed by atoms with Crippen molar-refractivity contribution in [1.29, 1.82) is 0 Å². The Bertz CT molecular complexity index is 736. The standard InChI is InChI=1S/C24H29N2P/c1-20(2)26-24(25-19-18-21-12-6-3-7-13-21)27(22-14-8-4-9-15-22)23-16-10-5-11-17-23/h3-17,20,24-26H,18-19H2,1-2H3. The lowest BCUT2D eigenvalue weighted by Crippen LogP contribution is -2.48. The van der Waals surface area contributed by atoms with Crippen LogP contribution in [0.25, 0.3) is 0 Å². The summed E-state index contributed by atoms with van der Waals surface area (Å²) in [6.45, 7) is 5.39. The molecule has 0 aliphatic carbocycles. The lowest BCUT2D eigenvalue weighted by atomic mass is 10.1. The molecule has 0 amide bonds. The molecule has 2 nitrogen and oxygen atoms in total. The Morgan fingerprint density at radius 2 is 1.19 bits per heavy atom. The predicted molar refractivity (Wildman–Crippen MR) is 119 cm³/mol. The second-order valence-corrected chi connectivity index (χ2v) is 9.24. The minimum absolute atomic E-state index is 0.230. The highest BCUT2D eigenvalue weighted by molar-refractivity contribution is 7.73. The van der Waals surface area contributed by atoms with Gasteiger partial charge in [0.1, 0.15) is 0 Å². The fraction of sp³-hybridized carbons (Fsp3) is 0.250. The molecule has 0 heterocycles. The lowest BCUT2D eigenvalue weighted by Gasteiger charge is -2.32. The third-order valence-electron chi connectivity index (χ3n) is 4.41. The molecule has 1 unspecified atom stereocenters. The number of nitrogens with one attached hydrogen (secondary N) is 2. The Morgan fingerprint density at radius 3 is 1.67 bits per heavy atom. The summed E-state index contributed by atoms with van der Waals surface area (Å²) in [5.41, 5.74) is 1.37. The topological polar surface area (TPSA) is 24.1 Å². The first kappa shape index (κ1) is 19.8. The van der Waals surface area contributed by atoms with Crippen molar-refractivity contribution in [3.8, 4) is 0 Å². The summed E-state index contributed by atoms with van der Waals surface area (Å²) in [6.07, 6.45) is 1.03. The fourth-order valence-corrected chi connectivity index (χ4v) is 5.80. The Kier molecular flexibility index (Phi) is 7.59. The number of rotatable bonds is 9. The van der Waals surface area contributed by atoms with E-state index >= 15 is 0 Å². The van der Waals surface area contributed by atoms with Gasteiger partial charge in [-0.2, -0.15) is 0 Å². The van der Waals surface area contributed by atoms with Crippen LogP contribution < -0.4 is 21.2 Å². The summed E-state index contributed by atoms with van der Waals surface area (Å²) in [6, 6.07) is 32.9. The highest BCUT2D eigenvalue weighted by atomic mass is 31.1. The van der Waals surface area contributed by atoms with Gasteiger partial charge < -0.3 is 0 Å². The zero-order valence-corrected chi connectivity index (χ0v) is 17.1. The monoisotopic (exact) mass is 376 g/mol. The molecule has 2 N–H and O–H groups in total. The zero-order chi connectivity index (χ0) is 18.9. The molecule has 0 bridgehead atoms. The van der Waals surface area contributed by atoms with Gasteiger partial charge in [0.05, 0.1) is 5.91 Å². The molecule has 0 aromatic heterocycles. The van der Waals surface area contributed by atoms with Crippen molar-refractivity contribution < 1.29 is 0 Å². The molecule has 0 fully saturated rings. The van der Waals surface area contributed by atoms with Crippen LogP contribution >= 0.6 is 7.92 Å². The van der Waals surface area contributed by atoms with Crippen LogP contribution in [0.1, 0.15) is 19.4 Å². The zero-order valence-electron chi connectivity index (χ0n) is 16.2. The largest absolute Gasteiger partial charge is 0.297 e. The van der Waals surface area contributed by atoms with E-state index in [0.717, 1.165) is 13.0 Å². The molecule has 140 valence electrons. The van der Waals surface area contributed by atoms with E-state index in [1.807, 2.05) is 0 Å². The summed E-state index contributed by atoms with van der Waals surface area (Å²) in [7, 11) is -0.550. The third-order valence-corrected chi connectivity index (χ3v) is 6.97. The first-order chi connectivity index (χ1) is 13.2. The van der Waals surface area contributed by atoms with E-state index in [1.165, 1.54) is 16.2 Å². The summed E-state index contributed by atoms with van der Waals surface area (Å²) < 4.78 is 0. The van der Waals surface area contributed by atoms with Gasteiger partial charge in [0.15, 0.2) is 0 Å². The molecular weight excluding hydrogens is 347 g/mol. The van der Waals surface area contributed by atoms with Crippen molar-refractivity contribution in [3.63, 3.8) is 0 Å². The van der Waals surface area contributed by atoms with Gasteiger partial charge in [-0.05, 0) is 44.4 Å². The predicted octanol–water partition coefficient (Wildman–Crippen LogP) is 4.23. The van der Waals surface area contributed by atoms with Crippen molar-refractivity contribution in [2.24, 2.45) is 0 Å². The minimum Gasteiger partial charge on any atom is -0.297 e. The Hall–Kier alpha value is -1.99. The molecule has 0 aliphatic heterocycles. The molecule has 3 aromatic rings. The van der Waals surface area contributed by atoms with Crippen molar-refractivity contribution in [1.82, 2.24) is 10.6 Å². The van der Waals surface area contributed by atoms with Crippen LogP contribution in [-0.4, -0.2) is 18.5 Å². The van der Waals surface area contributed by atoms with E-state index in [0.29, 0.717) is 6.04 Å². The number of benzene rings is 3. The highest BCUT2D eigenvalue weighted by Crippen LogP contribution is 2.37. The van der Waals surface area contributed by atoms with Crippen LogP contribution in [0.5, 0.6) is 0 Å². The maximum Gasteiger partial charge on any atom is 0.0860 e. The summed E-state index contributed by atoms with van der Waals surface area (Å²) in [4.78, 5) is 0. The molecule has 0 spiro atoms. The average Bonchev–Trinajstić information content (AvgIpc) is 2.70. The summed E-state index contributed by atoms with van der Waals surface area (Å²) in [5, 5.41) is 10.4. The minimum atomic E-state index is -0.550.